The molecule has 6 nitrogen and oxygen atoms in total. The van der Waals surface area contributed by atoms with Crippen LogP contribution >= 0.6 is 23.2 Å². The molecule has 5 rings (SSSR count). The van der Waals surface area contributed by atoms with Gasteiger partial charge in [-0.25, -0.2) is 8.78 Å². The molecule has 1 saturated heterocycles. The molecular formula is C26H21Cl2F2N3O3. The molecule has 3 aromatic rings. The van der Waals surface area contributed by atoms with Gasteiger partial charge < -0.3 is 20.3 Å². The highest BCUT2D eigenvalue weighted by atomic mass is 35.5. The number of ether oxygens (including phenoxy) is 1. The minimum absolute atomic E-state index is 0.00892. The molecule has 2 N–H and O–H groups in total. The van der Waals surface area contributed by atoms with Crippen molar-refractivity contribution in [3.8, 4) is 0 Å². The van der Waals surface area contributed by atoms with Crippen molar-refractivity contribution >= 4 is 46.4 Å². The Labute approximate surface area is 216 Å². The lowest BCUT2D eigenvalue weighted by Gasteiger charge is -2.32. The van der Waals surface area contributed by atoms with Crippen LogP contribution in [0.5, 0.6) is 0 Å². The Kier molecular flexibility index (Phi) is 6.59. The first-order chi connectivity index (χ1) is 17.3. The summed E-state index contributed by atoms with van der Waals surface area (Å²) < 4.78 is 34.1. The summed E-state index contributed by atoms with van der Waals surface area (Å²) in [6, 6.07) is 13.7. The molecule has 0 radical (unpaired) electrons. The predicted molar refractivity (Wildman–Crippen MR) is 134 cm³/mol. The maximum absolute atomic E-state index is 14.5. The molecule has 1 unspecified atom stereocenters. The lowest BCUT2D eigenvalue weighted by atomic mass is 9.84. The fraction of sp³-hybridized carbons (Fsp3) is 0.231. The fourth-order valence-electron chi connectivity index (χ4n) is 4.63. The monoisotopic (exact) mass is 531 g/mol. The SMILES string of the molecule is O=C(c1cc(F)c(F)cc1NC1(Cc2cccc(Cl)c2)C(=O)Nc2cc(Cl)ccc21)N1CCOCC1. The number of hydrogen-bond acceptors (Lipinski definition) is 4. The first-order valence-corrected chi connectivity index (χ1v) is 12.0. The average Bonchev–Trinajstić information content (AvgIpc) is 3.11. The van der Waals surface area contributed by atoms with Gasteiger partial charge in [-0.3, -0.25) is 9.59 Å². The summed E-state index contributed by atoms with van der Waals surface area (Å²) in [5.41, 5.74) is 0.185. The molecule has 0 bridgehead atoms. The van der Waals surface area contributed by atoms with E-state index in [1.54, 1.807) is 36.4 Å². The summed E-state index contributed by atoms with van der Waals surface area (Å²) in [6.45, 7) is 1.31. The van der Waals surface area contributed by atoms with Crippen LogP contribution in [0.25, 0.3) is 0 Å². The van der Waals surface area contributed by atoms with Crippen molar-refractivity contribution in [3.63, 3.8) is 0 Å². The molecular weight excluding hydrogens is 511 g/mol. The summed E-state index contributed by atoms with van der Waals surface area (Å²) >= 11 is 12.3. The van der Waals surface area contributed by atoms with Crippen LogP contribution in [0.2, 0.25) is 10.0 Å². The molecule has 3 aromatic carbocycles. The van der Waals surface area contributed by atoms with Crippen LogP contribution < -0.4 is 10.6 Å². The van der Waals surface area contributed by atoms with E-state index in [9.17, 15) is 18.4 Å². The number of carbonyl (C=O) groups excluding carboxylic acids is 2. The topological polar surface area (TPSA) is 70.7 Å². The van der Waals surface area contributed by atoms with Crippen molar-refractivity contribution in [2.75, 3.05) is 36.9 Å². The maximum atomic E-state index is 14.5. The molecule has 0 spiro atoms. The predicted octanol–water partition coefficient (Wildman–Crippen LogP) is 5.25. The highest BCUT2D eigenvalue weighted by molar-refractivity contribution is 6.31. The lowest BCUT2D eigenvalue weighted by molar-refractivity contribution is -0.119. The van der Waals surface area contributed by atoms with Gasteiger partial charge in [-0.1, -0.05) is 41.4 Å². The zero-order valence-corrected chi connectivity index (χ0v) is 20.4. The number of nitrogens with one attached hydrogen (secondary N) is 2. The number of halogens is 4. The van der Waals surface area contributed by atoms with Gasteiger partial charge in [0.05, 0.1) is 24.5 Å². The summed E-state index contributed by atoms with van der Waals surface area (Å²) in [5, 5.41) is 6.84. The van der Waals surface area contributed by atoms with Gasteiger partial charge in [-0.05, 0) is 35.9 Å². The molecule has 2 amide bonds. The maximum Gasteiger partial charge on any atom is 0.256 e. The van der Waals surface area contributed by atoms with Crippen molar-refractivity contribution in [1.82, 2.24) is 4.90 Å². The molecule has 2 heterocycles. The number of benzene rings is 3. The van der Waals surface area contributed by atoms with E-state index in [1.165, 1.54) is 4.90 Å². The number of nitrogens with zero attached hydrogens (tertiary/aromatic N) is 1. The fourth-order valence-corrected chi connectivity index (χ4v) is 5.02. The number of amides is 2. The molecule has 1 fully saturated rings. The van der Waals surface area contributed by atoms with Crippen molar-refractivity contribution in [2.24, 2.45) is 0 Å². The van der Waals surface area contributed by atoms with Crippen molar-refractivity contribution in [2.45, 2.75) is 12.0 Å². The molecule has 10 heteroatoms. The summed E-state index contributed by atoms with van der Waals surface area (Å²) in [7, 11) is 0. The second kappa shape index (κ2) is 9.69. The van der Waals surface area contributed by atoms with Crippen LogP contribution in [0.1, 0.15) is 21.5 Å². The van der Waals surface area contributed by atoms with Gasteiger partial charge in [-0.15, -0.1) is 0 Å². The molecule has 2 aliphatic heterocycles. The van der Waals surface area contributed by atoms with Crippen LogP contribution in [0, 0.1) is 11.6 Å². The third-order valence-electron chi connectivity index (χ3n) is 6.37. The Hall–Kier alpha value is -3.20. The highest BCUT2D eigenvalue weighted by Gasteiger charge is 2.48. The average molecular weight is 532 g/mol. The van der Waals surface area contributed by atoms with E-state index in [0.717, 1.165) is 17.7 Å². The number of morpholine rings is 1. The normalized spacial score (nSPS) is 19.1. The van der Waals surface area contributed by atoms with Gasteiger partial charge in [0.2, 0.25) is 0 Å². The van der Waals surface area contributed by atoms with Gasteiger partial charge in [0.15, 0.2) is 11.6 Å². The second-order valence-corrected chi connectivity index (χ2v) is 9.57. The van der Waals surface area contributed by atoms with E-state index in [0.29, 0.717) is 47.6 Å². The Balaban J connectivity index is 1.64. The Morgan fingerprint density at radius 3 is 2.50 bits per heavy atom. The molecule has 0 saturated carbocycles. The van der Waals surface area contributed by atoms with Crippen molar-refractivity contribution in [1.29, 1.82) is 0 Å². The summed E-state index contributed by atoms with van der Waals surface area (Å²) in [6.07, 6.45) is 0.109. The highest BCUT2D eigenvalue weighted by Crippen LogP contribution is 2.43. The molecule has 2 aliphatic rings. The molecule has 0 aliphatic carbocycles. The largest absolute Gasteiger partial charge is 0.378 e. The second-order valence-electron chi connectivity index (χ2n) is 8.70. The van der Waals surface area contributed by atoms with Crippen LogP contribution in [0.3, 0.4) is 0 Å². The third-order valence-corrected chi connectivity index (χ3v) is 6.84. The standard InChI is InChI=1S/C26H21Cl2F2N3O3/c27-16-3-1-2-15(10-16)14-26(19-5-4-17(28)11-23(19)31-25(26)35)32-22-13-21(30)20(29)12-18(22)24(34)33-6-8-36-9-7-33/h1-5,10-13,32H,6-9,14H2,(H,31,35). The van der Waals surface area contributed by atoms with Crippen LogP contribution in [-0.4, -0.2) is 43.0 Å². The molecule has 36 heavy (non-hydrogen) atoms. The summed E-state index contributed by atoms with van der Waals surface area (Å²) in [4.78, 5) is 28.4. The first kappa shape index (κ1) is 24.5. The van der Waals surface area contributed by atoms with Crippen LogP contribution in [0.15, 0.2) is 54.6 Å². The number of rotatable bonds is 5. The van der Waals surface area contributed by atoms with Gasteiger partial charge in [0.1, 0.15) is 5.54 Å². The first-order valence-electron chi connectivity index (χ1n) is 11.3. The number of hydrogen-bond donors (Lipinski definition) is 2. The zero-order valence-electron chi connectivity index (χ0n) is 18.9. The van der Waals surface area contributed by atoms with E-state index >= 15 is 0 Å². The molecule has 186 valence electrons. The van der Waals surface area contributed by atoms with E-state index in [-0.39, 0.29) is 17.7 Å². The van der Waals surface area contributed by atoms with E-state index in [4.69, 9.17) is 27.9 Å². The van der Waals surface area contributed by atoms with E-state index in [2.05, 4.69) is 10.6 Å². The lowest BCUT2D eigenvalue weighted by Crippen LogP contribution is -2.45. The van der Waals surface area contributed by atoms with Gasteiger partial charge in [0.25, 0.3) is 11.8 Å². The molecule has 1 atom stereocenters. The minimum atomic E-state index is -1.46. The summed E-state index contributed by atoms with van der Waals surface area (Å²) in [5.74, 6) is -3.24. The van der Waals surface area contributed by atoms with Crippen LogP contribution in [-0.2, 0) is 21.5 Å². The minimum Gasteiger partial charge on any atom is -0.378 e. The smallest absolute Gasteiger partial charge is 0.256 e. The Morgan fingerprint density at radius 2 is 1.75 bits per heavy atom. The number of carbonyl (C=O) groups is 2. The van der Waals surface area contributed by atoms with E-state index < -0.39 is 29.0 Å². The van der Waals surface area contributed by atoms with Gasteiger partial charge in [-0.2, -0.15) is 0 Å². The third kappa shape index (κ3) is 4.52. The van der Waals surface area contributed by atoms with Gasteiger partial charge >= 0.3 is 0 Å². The van der Waals surface area contributed by atoms with Gasteiger partial charge in [0, 0.05) is 46.9 Å². The molecule has 0 aromatic heterocycles. The Morgan fingerprint density at radius 1 is 1.03 bits per heavy atom. The number of anilines is 2. The van der Waals surface area contributed by atoms with Crippen molar-refractivity contribution in [3.05, 3.63) is 93.0 Å². The van der Waals surface area contributed by atoms with Crippen LogP contribution in [0.4, 0.5) is 20.2 Å². The zero-order chi connectivity index (χ0) is 25.4. The van der Waals surface area contributed by atoms with E-state index in [1.807, 2.05) is 6.07 Å². The quantitative estimate of drug-likeness (QED) is 0.472. The number of fused-ring (bicyclic) bond motifs is 1. The van der Waals surface area contributed by atoms with Crippen molar-refractivity contribution < 1.29 is 23.1 Å². The Bertz CT molecular complexity index is 1360.